The van der Waals surface area contributed by atoms with Crippen LogP contribution in [0.5, 0.6) is 0 Å². The van der Waals surface area contributed by atoms with Crippen molar-refractivity contribution in [3.63, 3.8) is 0 Å². The molecule has 1 N–H and O–H groups in total. The number of piperidine rings is 1. The lowest BCUT2D eigenvalue weighted by atomic mass is 9.83. The lowest BCUT2D eigenvalue weighted by Crippen LogP contribution is -2.45. The van der Waals surface area contributed by atoms with Gasteiger partial charge in [-0.3, -0.25) is 4.79 Å². The van der Waals surface area contributed by atoms with Crippen LogP contribution in [0.4, 0.5) is 4.39 Å². The molecule has 2 aliphatic heterocycles. The van der Waals surface area contributed by atoms with Gasteiger partial charge >= 0.3 is 0 Å². The van der Waals surface area contributed by atoms with Crippen LogP contribution in [0.15, 0.2) is 10.9 Å². The second-order valence-electron chi connectivity index (χ2n) is 4.93. The van der Waals surface area contributed by atoms with Crippen LogP contribution in [0.3, 0.4) is 0 Å². The molecule has 2 aliphatic rings. The molecule has 3 nitrogen and oxygen atoms in total. The Bertz CT molecular complexity index is 495. The van der Waals surface area contributed by atoms with E-state index in [2.05, 4.69) is 5.32 Å². The first-order valence-corrected chi connectivity index (χ1v) is 5.77. The van der Waals surface area contributed by atoms with Gasteiger partial charge in [-0.1, -0.05) is 0 Å². The predicted molar refractivity (Wildman–Crippen MR) is 59.1 cm³/mol. The van der Waals surface area contributed by atoms with Crippen LogP contribution in [0.1, 0.15) is 23.6 Å². The Kier molecular flexibility index (Phi) is 2.14. The molecule has 0 radical (unpaired) electrons. The molecule has 0 saturated carbocycles. The first-order chi connectivity index (χ1) is 7.66. The van der Waals surface area contributed by atoms with Gasteiger partial charge in [-0.05, 0) is 31.4 Å². The van der Waals surface area contributed by atoms with Crippen molar-refractivity contribution in [3.8, 4) is 0 Å². The fourth-order valence-electron chi connectivity index (χ4n) is 2.99. The quantitative estimate of drug-likeness (QED) is 0.710. The summed E-state index contributed by atoms with van der Waals surface area (Å²) >= 11 is 0. The van der Waals surface area contributed by atoms with Gasteiger partial charge in [-0.2, -0.15) is 0 Å². The smallest absolute Gasteiger partial charge is 0.251 e. The van der Waals surface area contributed by atoms with Crippen LogP contribution in [-0.2, 0) is 6.54 Å². The van der Waals surface area contributed by atoms with Crippen LogP contribution in [-0.4, -0.2) is 17.7 Å². The van der Waals surface area contributed by atoms with Crippen LogP contribution in [0.2, 0.25) is 0 Å². The van der Waals surface area contributed by atoms with Gasteiger partial charge in [0.1, 0.15) is 5.82 Å². The Hall–Kier alpha value is -1.16. The van der Waals surface area contributed by atoms with Crippen LogP contribution in [0, 0.1) is 18.7 Å². The Morgan fingerprint density at radius 3 is 3.12 bits per heavy atom. The zero-order valence-electron chi connectivity index (χ0n) is 9.29. The number of nitrogens with zero attached hydrogens (tertiary/aromatic N) is 1. The number of fused-ring (bicyclic) bond motifs is 4. The van der Waals surface area contributed by atoms with Crippen molar-refractivity contribution in [1.29, 1.82) is 0 Å². The average Bonchev–Trinajstić information content (AvgIpc) is 2.26. The number of nitrogens with one attached hydrogen (secondary N) is 1. The molecular weight excluding hydrogens is 207 g/mol. The van der Waals surface area contributed by atoms with Crippen molar-refractivity contribution in [2.24, 2.45) is 5.92 Å². The molecule has 0 amide bonds. The van der Waals surface area contributed by atoms with E-state index in [4.69, 9.17) is 0 Å². The molecule has 2 unspecified atom stereocenters. The average molecular weight is 222 g/mol. The van der Waals surface area contributed by atoms with Crippen molar-refractivity contribution in [2.45, 2.75) is 25.8 Å². The number of aryl methyl sites for hydroxylation is 1. The van der Waals surface area contributed by atoms with Gasteiger partial charge in [0.15, 0.2) is 0 Å². The molecular formula is C12H15FN2O. The second-order valence-corrected chi connectivity index (χ2v) is 4.93. The minimum atomic E-state index is -0.188. The third kappa shape index (κ3) is 1.33. The summed E-state index contributed by atoms with van der Waals surface area (Å²) in [6, 6.07) is 1.41. The van der Waals surface area contributed by atoms with Crippen LogP contribution in [0.25, 0.3) is 0 Å². The molecule has 4 heteroatoms. The summed E-state index contributed by atoms with van der Waals surface area (Å²) in [6.07, 6.45) is 1.01. The number of pyridine rings is 1. The second kappa shape index (κ2) is 3.42. The fraction of sp³-hybridized carbons (Fsp3) is 0.583. The molecule has 16 heavy (non-hydrogen) atoms. The number of hydrogen-bond acceptors (Lipinski definition) is 2. The molecule has 1 aromatic rings. The van der Waals surface area contributed by atoms with Crippen LogP contribution >= 0.6 is 0 Å². The zero-order chi connectivity index (χ0) is 11.3. The van der Waals surface area contributed by atoms with E-state index < -0.39 is 0 Å². The summed E-state index contributed by atoms with van der Waals surface area (Å²) in [4.78, 5) is 11.8. The predicted octanol–water partition coefficient (Wildman–Crippen LogP) is 1.00. The Morgan fingerprint density at radius 2 is 2.31 bits per heavy atom. The summed E-state index contributed by atoms with van der Waals surface area (Å²) in [5.74, 6) is 0.456. The Balaban J connectivity index is 2.23. The lowest BCUT2D eigenvalue weighted by molar-refractivity contribution is 0.248. The standard InChI is InChI=1S/C12H15FN2O/c1-7-2-10(16)15-6-8-3-9(5-14-4-8)12(15)11(7)13/h2,8-9,14H,3-6H2,1H3. The van der Waals surface area contributed by atoms with Crippen molar-refractivity contribution in [2.75, 3.05) is 13.1 Å². The maximum atomic E-state index is 14.1. The summed E-state index contributed by atoms with van der Waals surface area (Å²) in [6.45, 7) is 4.06. The summed E-state index contributed by atoms with van der Waals surface area (Å²) in [5, 5.41) is 3.31. The van der Waals surface area contributed by atoms with Crippen LogP contribution < -0.4 is 10.9 Å². The monoisotopic (exact) mass is 222 g/mol. The zero-order valence-corrected chi connectivity index (χ0v) is 9.29. The van der Waals surface area contributed by atoms with Crippen molar-refractivity contribution < 1.29 is 4.39 Å². The fourth-order valence-corrected chi connectivity index (χ4v) is 2.99. The van der Waals surface area contributed by atoms with E-state index >= 15 is 0 Å². The summed E-state index contributed by atoms with van der Waals surface area (Å²) < 4.78 is 15.7. The topological polar surface area (TPSA) is 34.0 Å². The SMILES string of the molecule is Cc1cc(=O)n2c(c1F)C1CNCC(C1)C2. The number of aromatic nitrogens is 1. The highest BCUT2D eigenvalue weighted by atomic mass is 19.1. The molecule has 0 aliphatic carbocycles. The molecule has 3 heterocycles. The van der Waals surface area contributed by atoms with Gasteiger partial charge in [0.25, 0.3) is 5.56 Å². The maximum absolute atomic E-state index is 14.1. The summed E-state index contributed by atoms with van der Waals surface area (Å²) in [5.41, 5.74) is 1.04. The van der Waals surface area contributed by atoms with Gasteiger partial charge in [0.05, 0.1) is 5.69 Å². The molecule has 0 spiro atoms. The molecule has 1 saturated heterocycles. The van der Waals surface area contributed by atoms with E-state index in [1.807, 2.05) is 0 Å². The first kappa shape index (κ1) is 10.0. The van der Waals surface area contributed by atoms with Crippen molar-refractivity contribution in [1.82, 2.24) is 9.88 Å². The number of rotatable bonds is 0. The number of hydrogen-bond donors (Lipinski definition) is 1. The highest BCUT2D eigenvalue weighted by Crippen LogP contribution is 2.33. The molecule has 1 fully saturated rings. The van der Waals surface area contributed by atoms with Gasteiger partial charge in [-0.15, -0.1) is 0 Å². The first-order valence-electron chi connectivity index (χ1n) is 5.77. The Morgan fingerprint density at radius 1 is 1.50 bits per heavy atom. The van der Waals surface area contributed by atoms with E-state index in [0.717, 1.165) is 19.5 Å². The minimum Gasteiger partial charge on any atom is -0.316 e. The molecule has 2 bridgehead atoms. The maximum Gasteiger partial charge on any atom is 0.251 e. The molecule has 3 rings (SSSR count). The van der Waals surface area contributed by atoms with E-state index in [1.54, 1.807) is 11.5 Å². The highest BCUT2D eigenvalue weighted by Gasteiger charge is 2.33. The van der Waals surface area contributed by atoms with Gasteiger partial charge < -0.3 is 9.88 Å². The minimum absolute atomic E-state index is 0.0505. The normalized spacial score (nSPS) is 27.6. The van der Waals surface area contributed by atoms with Crippen molar-refractivity contribution >= 4 is 0 Å². The lowest BCUT2D eigenvalue weighted by Gasteiger charge is -2.37. The van der Waals surface area contributed by atoms with Gasteiger partial charge in [0.2, 0.25) is 0 Å². The summed E-state index contributed by atoms with van der Waals surface area (Å²) in [7, 11) is 0. The molecule has 2 atom stereocenters. The largest absolute Gasteiger partial charge is 0.316 e. The van der Waals surface area contributed by atoms with E-state index in [0.29, 0.717) is 23.7 Å². The highest BCUT2D eigenvalue weighted by molar-refractivity contribution is 5.25. The third-order valence-electron chi connectivity index (χ3n) is 3.74. The van der Waals surface area contributed by atoms with E-state index in [1.165, 1.54) is 6.07 Å². The molecule has 86 valence electrons. The number of halogens is 1. The van der Waals surface area contributed by atoms with Crippen molar-refractivity contribution in [3.05, 3.63) is 33.5 Å². The Labute approximate surface area is 93.3 Å². The molecule has 1 aromatic heterocycles. The van der Waals surface area contributed by atoms with Gasteiger partial charge in [-0.25, -0.2) is 4.39 Å². The third-order valence-corrected chi connectivity index (χ3v) is 3.74. The van der Waals surface area contributed by atoms with E-state index in [9.17, 15) is 9.18 Å². The van der Waals surface area contributed by atoms with E-state index in [-0.39, 0.29) is 17.3 Å². The molecule has 0 aromatic carbocycles. The van der Waals surface area contributed by atoms with Gasteiger partial charge in [0, 0.05) is 25.1 Å².